The van der Waals surface area contributed by atoms with E-state index in [1.54, 1.807) is 32.7 Å². The first kappa shape index (κ1) is 20.2. The second kappa shape index (κ2) is 8.11. The van der Waals surface area contributed by atoms with Crippen molar-refractivity contribution in [3.63, 3.8) is 0 Å². The minimum atomic E-state index is -0.254. The van der Waals surface area contributed by atoms with E-state index in [9.17, 15) is 4.39 Å². The molecule has 2 aromatic heterocycles. The van der Waals surface area contributed by atoms with Gasteiger partial charge in [-0.2, -0.15) is 5.10 Å². The van der Waals surface area contributed by atoms with Gasteiger partial charge in [0, 0.05) is 29.8 Å². The molecule has 1 aliphatic rings. The zero-order valence-electron chi connectivity index (χ0n) is 18.2. The molecule has 2 aromatic carbocycles. The van der Waals surface area contributed by atoms with E-state index in [1.165, 1.54) is 6.07 Å². The Bertz CT molecular complexity index is 1280. The van der Waals surface area contributed by atoms with Gasteiger partial charge in [-0.1, -0.05) is 0 Å². The fourth-order valence-corrected chi connectivity index (χ4v) is 4.27. The maximum absolute atomic E-state index is 14.7. The molecule has 5 rings (SSSR count). The summed E-state index contributed by atoms with van der Waals surface area (Å²) >= 11 is 0. The maximum atomic E-state index is 14.7. The van der Waals surface area contributed by atoms with Crippen molar-refractivity contribution >= 4 is 0 Å². The first-order valence-corrected chi connectivity index (χ1v) is 10.5. The highest BCUT2D eigenvalue weighted by Gasteiger charge is 2.28. The van der Waals surface area contributed by atoms with Crippen LogP contribution in [0.3, 0.4) is 0 Å². The van der Waals surface area contributed by atoms with E-state index in [2.05, 4.69) is 4.98 Å². The standard InChI is InChI=1S/C24H24FN5O2/c1-15-13-29(14-26-15)21-9-6-16(11-22(21)32-3)23-27-24-18(5-4-10-30(24)28-23)19-12-17(31-2)7-8-20(19)25/h6-9,11-14,18H,4-5,10H2,1-3H3. The number of fused-ring (bicyclic) bond motifs is 1. The van der Waals surface area contributed by atoms with Gasteiger partial charge in [-0.15, -0.1) is 0 Å². The molecule has 0 radical (unpaired) electrons. The molecule has 7 nitrogen and oxygen atoms in total. The summed E-state index contributed by atoms with van der Waals surface area (Å²) in [5, 5.41) is 4.73. The molecule has 4 aromatic rings. The van der Waals surface area contributed by atoms with Crippen molar-refractivity contribution in [1.29, 1.82) is 0 Å². The third-order valence-electron chi connectivity index (χ3n) is 5.88. The average molecular weight is 433 g/mol. The van der Waals surface area contributed by atoms with Gasteiger partial charge < -0.3 is 14.0 Å². The molecular weight excluding hydrogens is 409 g/mol. The number of methoxy groups -OCH3 is 2. The number of nitrogens with zero attached hydrogens (tertiary/aromatic N) is 5. The Morgan fingerprint density at radius 1 is 1.09 bits per heavy atom. The van der Waals surface area contributed by atoms with Crippen LogP contribution in [0.5, 0.6) is 11.5 Å². The molecule has 8 heteroatoms. The summed E-state index contributed by atoms with van der Waals surface area (Å²) < 4.78 is 29.4. The van der Waals surface area contributed by atoms with Crippen LogP contribution in [-0.2, 0) is 6.54 Å². The first-order valence-electron chi connectivity index (χ1n) is 10.5. The van der Waals surface area contributed by atoms with Crippen LogP contribution in [0.25, 0.3) is 17.1 Å². The number of aromatic nitrogens is 5. The highest BCUT2D eigenvalue weighted by molar-refractivity contribution is 5.63. The Morgan fingerprint density at radius 3 is 2.72 bits per heavy atom. The number of rotatable bonds is 5. The number of benzene rings is 2. The van der Waals surface area contributed by atoms with Crippen LogP contribution in [0, 0.1) is 12.7 Å². The molecule has 3 heterocycles. The third-order valence-corrected chi connectivity index (χ3v) is 5.88. The topological polar surface area (TPSA) is 67.0 Å². The third kappa shape index (κ3) is 3.51. The monoisotopic (exact) mass is 433 g/mol. The van der Waals surface area contributed by atoms with Gasteiger partial charge in [0.15, 0.2) is 5.82 Å². The van der Waals surface area contributed by atoms with Gasteiger partial charge in [0.05, 0.1) is 31.9 Å². The van der Waals surface area contributed by atoms with Gasteiger partial charge in [-0.3, -0.25) is 0 Å². The van der Waals surface area contributed by atoms with Crippen LogP contribution in [0.2, 0.25) is 0 Å². The largest absolute Gasteiger partial charge is 0.497 e. The lowest BCUT2D eigenvalue weighted by molar-refractivity contribution is 0.407. The van der Waals surface area contributed by atoms with Gasteiger partial charge in [-0.25, -0.2) is 19.0 Å². The smallest absolute Gasteiger partial charge is 0.181 e. The van der Waals surface area contributed by atoms with Gasteiger partial charge in [0.25, 0.3) is 0 Å². The van der Waals surface area contributed by atoms with Crippen LogP contribution in [-0.4, -0.2) is 38.5 Å². The number of imidazole rings is 1. The Morgan fingerprint density at radius 2 is 1.97 bits per heavy atom. The van der Waals surface area contributed by atoms with Crippen LogP contribution in [0.1, 0.15) is 35.8 Å². The molecule has 0 amide bonds. The Kier molecular flexibility index (Phi) is 5.13. The van der Waals surface area contributed by atoms with Crippen LogP contribution in [0.4, 0.5) is 4.39 Å². The molecular formula is C24H24FN5O2. The lowest BCUT2D eigenvalue weighted by Crippen LogP contribution is -2.18. The number of ether oxygens (including phenoxy) is 2. The molecule has 1 aliphatic heterocycles. The van der Waals surface area contributed by atoms with Gasteiger partial charge in [0.1, 0.15) is 23.1 Å². The maximum Gasteiger partial charge on any atom is 0.181 e. The second-order valence-corrected chi connectivity index (χ2v) is 7.91. The van der Waals surface area contributed by atoms with Crippen molar-refractivity contribution in [2.24, 2.45) is 0 Å². The van der Waals surface area contributed by atoms with E-state index in [0.717, 1.165) is 42.2 Å². The molecule has 0 bridgehead atoms. The fourth-order valence-electron chi connectivity index (χ4n) is 4.27. The molecule has 164 valence electrons. The van der Waals surface area contributed by atoms with E-state index in [1.807, 2.05) is 40.6 Å². The highest BCUT2D eigenvalue weighted by Crippen LogP contribution is 2.37. The minimum Gasteiger partial charge on any atom is -0.497 e. The van der Waals surface area contributed by atoms with Crippen LogP contribution < -0.4 is 9.47 Å². The molecule has 0 saturated heterocycles. The molecule has 0 aliphatic carbocycles. The lowest BCUT2D eigenvalue weighted by Gasteiger charge is -2.23. The van der Waals surface area contributed by atoms with E-state index in [4.69, 9.17) is 19.6 Å². The molecule has 0 fully saturated rings. The number of hydrogen-bond donors (Lipinski definition) is 0. The molecule has 0 spiro atoms. The first-order chi connectivity index (χ1) is 15.6. The highest BCUT2D eigenvalue weighted by atomic mass is 19.1. The van der Waals surface area contributed by atoms with Crippen LogP contribution >= 0.6 is 0 Å². The fraction of sp³-hybridized carbons (Fsp3) is 0.292. The van der Waals surface area contributed by atoms with Gasteiger partial charge >= 0.3 is 0 Å². The number of halogens is 1. The minimum absolute atomic E-state index is 0.171. The zero-order valence-corrected chi connectivity index (χ0v) is 18.2. The summed E-state index contributed by atoms with van der Waals surface area (Å²) in [6.45, 7) is 2.70. The predicted octanol–water partition coefficient (Wildman–Crippen LogP) is 4.52. The van der Waals surface area contributed by atoms with Crippen molar-refractivity contribution in [1.82, 2.24) is 24.3 Å². The zero-order chi connectivity index (χ0) is 22.2. The summed E-state index contributed by atoms with van der Waals surface area (Å²) in [7, 11) is 3.22. The summed E-state index contributed by atoms with van der Waals surface area (Å²) in [6.07, 6.45) is 5.41. The van der Waals surface area contributed by atoms with Crippen molar-refractivity contribution in [2.45, 2.75) is 32.2 Å². The Labute approximate surface area is 185 Å². The normalized spacial score (nSPS) is 15.4. The summed E-state index contributed by atoms with van der Waals surface area (Å²) in [4.78, 5) is 9.12. The van der Waals surface area contributed by atoms with Gasteiger partial charge in [-0.05, 0) is 56.2 Å². The molecule has 0 saturated carbocycles. The summed E-state index contributed by atoms with van der Waals surface area (Å²) in [5.41, 5.74) is 3.24. The lowest BCUT2D eigenvalue weighted by atomic mass is 9.90. The van der Waals surface area contributed by atoms with Crippen molar-refractivity contribution in [3.8, 4) is 28.6 Å². The Balaban J connectivity index is 1.54. The number of hydrogen-bond acceptors (Lipinski definition) is 5. The second-order valence-electron chi connectivity index (χ2n) is 7.91. The van der Waals surface area contributed by atoms with Crippen LogP contribution in [0.15, 0.2) is 48.9 Å². The van der Waals surface area contributed by atoms with E-state index in [-0.39, 0.29) is 11.7 Å². The van der Waals surface area contributed by atoms with Crippen molar-refractivity contribution in [3.05, 3.63) is 71.8 Å². The SMILES string of the molecule is COc1ccc(F)c(C2CCCn3nc(-c4ccc(-n5cnc(C)c5)c(OC)c4)nc32)c1. The van der Waals surface area contributed by atoms with E-state index in [0.29, 0.717) is 22.9 Å². The molecule has 1 unspecified atom stereocenters. The predicted molar refractivity (Wildman–Crippen MR) is 118 cm³/mol. The average Bonchev–Trinajstić information content (AvgIpc) is 3.45. The molecule has 0 N–H and O–H groups in total. The van der Waals surface area contributed by atoms with Crippen molar-refractivity contribution in [2.75, 3.05) is 14.2 Å². The summed E-state index contributed by atoms with van der Waals surface area (Å²) in [5.74, 6) is 2.27. The summed E-state index contributed by atoms with van der Waals surface area (Å²) in [6, 6.07) is 10.7. The molecule has 32 heavy (non-hydrogen) atoms. The Hall–Kier alpha value is -3.68. The van der Waals surface area contributed by atoms with E-state index < -0.39 is 0 Å². The van der Waals surface area contributed by atoms with Crippen molar-refractivity contribution < 1.29 is 13.9 Å². The van der Waals surface area contributed by atoms with E-state index >= 15 is 0 Å². The quantitative estimate of drug-likeness (QED) is 0.463. The van der Waals surface area contributed by atoms with Gasteiger partial charge in [0.2, 0.25) is 0 Å². The molecule has 1 atom stereocenters. The number of aryl methyl sites for hydroxylation is 2.